The van der Waals surface area contributed by atoms with E-state index in [1.54, 1.807) is 24.3 Å². The summed E-state index contributed by atoms with van der Waals surface area (Å²) in [5, 5.41) is 10.6. The fourth-order valence-electron chi connectivity index (χ4n) is 1.53. The molecule has 0 aliphatic rings. The highest BCUT2D eigenvalue weighted by atomic mass is 79.9. The van der Waals surface area contributed by atoms with Gasteiger partial charge in [0.2, 0.25) is 0 Å². The van der Waals surface area contributed by atoms with Crippen molar-refractivity contribution in [3.8, 4) is 5.75 Å². The van der Waals surface area contributed by atoms with Gasteiger partial charge in [-0.25, -0.2) is 4.79 Å². The van der Waals surface area contributed by atoms with E-state index in [2.05, 4.69) is 15.9 Å². The van der Waals surface area contributed by atoms with Crippen molar-refractivity contribution in [3.63, 3.8) is 0 Å². The van der Waals surface area contributed by atoms with Crippen LogP contribution in [0.3, 0.4) is 0 Å². The largest absolute Gasteiger partial charge is 0.507 e. The van der Waals surface area contributed by atoms with Crippen molar-refractivity contribution in [2.75, 3.05) is 0 Å². The fourth-order valence-corrected chi connectivity index (χ4v) is 2.36. The molecule has 0 spiro atoms. The molecule has 0 saturated heterocycles. The molecule has 0 radical (unpaired) electrons. The van der Waals surface area contributed by atoms with Gasteiger partial charge in [0.15, 0.2) is 0 Å². The summed E-state index contributed by atoms with van der Waals surface area (Å²) in [6, 6.07) is 9.44. The van der Waals surface area contributed by atoms with Crippen LogP contribution in [0.1, 0.15) is 15.9 Å². The number of phenolic OH excluding ortho intramolecular Hbond substituents is 1. The van der Waals surface area contributed by atoms with Crippen LogP contribution in [0.5, 0.6) is 5.75 Å². The minimum absolute atomic E-state index is 0.000783. The van der Waals surface area contributed by atoms with Gasteiger partial charge in [-0.05, 0) is 30.3 Å². The lowest BCUT2D eigenvalue weighted by Crippen LogP contribution is -2.06. The van der Waals surface area contributed by atoms with Gasteiger partial charge < -0.3 is 9.84 Å². The molecule has 0 fully saturated rings. The highest BCUT2D eigenvalue weighted by Gasteiger charge is 2.14. The first-order valence-electron chi connectivity index (χ1n) is 5.57. The number of halogens is 3. The molecular weight excluding hydrogens is 367 g/mol. The summed E-state index contributed by atoms with van der Waals surface area (Å²) in [5.74, 6) is -0.768. The van der Waals surface area contributed by atoms with Gasteiger partial charge in [-0.3, -0.25) is 0 Å². The van der Waals surface area contributed by atoms with E-state index in [0.29, 0.717) is 20.1 Å². The fraction of sp³-hybridized carbons (Fsp3) is 0.0714. The van der Waals surface area contributed by atoms with Crippen LogP contribution in [0.15, 0.2) is 40.9 Å². The SMILES string of the molecule is O=C(OCc1ccc(Cl)cc1Cl)c1cc(Br)ccc1O. The van der Waals surface area contributed by atoms with Gasteiger partial charge in [-0.15, -0.1) is 0 Å². The molecule has 0 atom stereocenters. The number of hydrogen-bond acceptors (Lipinski definition) is 3. The average molecular weight is 376 g/mol. The van der Waals surface area contributed by atoms with E-state index >= 15 is 0 Å². The lowest BCUT2D eigenvalue weighted by atomic mass is 10.2. The van der Waals surface area contributed by atoms with Crippen LogP contribution in [0, 0.1) is 0 Å². The maximum atomic E-state index is 11.9. The smallest absolute Gasteiger partial charge is 0.342 e. The summed E-state index contributed by atoms with van der Waals surface area (Å²) in [5.41, 5.74) is 0.725. The van der Waals surface area contributed by atoms with Crippen molar-refractivity contribution in [3.05, 3.63) is 62.0 Å². The summed E-state index contributed by atoms with van der Waals surface area (Å²) in [7, 11) is 0. The van der Waals surface area contributed by atoms with Crippen LogP contribution in [0.25, 0.3) is 0 Å². The Kier molecular flexibility index (Phi) is 4.91. The third-order valence-corrected chi connectivity index (χ3v) is 3.63. The third-order valence-electron chi connectivity index (χ3n) is 2.55. The molecule has 0 heterocycles. The lowest BCUT2D eigenvalue weighted by Gasteiger charge is -2.08. The predicted octanol–water partition coefficient (Wildman–Crippen LogP) is 4.82. The average Bonchev–Trinajstić information content (AvgIpc) is 2.40. The van der Waals surface area contributed by atoms with E-state index in [-0.39, 0.29) is 17.9 Å². The molecule has 6 heteroatoms. The standard InChI is InChI=1S/C14H9BrCl2O3/c15-9-2-4-13(18)11(5-9)14(19)20-7-8-1-3-10(16)6-12(8)17/h1-6,18H,7H2. The first-order chi connectivity index (χ1) is 9.47. The van der Waals surface area contributed by atoms with Gasteiger partial charge in [-0.1, -0.05) is 45.2 Å². The Morgan fingerprint density at radius 2 is 1.95 bits per heavy atom. The van der Waals surface area contributed by atoms with Gasteiger partial charge in [0, 0.05) is 20.1 Å². The molecule has 2 rings (SSSR count). The van der Waals surface area contributed by atoms with Gasteiger partial charge in [0.05, 0.1) is 0 Å². The number of benzene rings is 2. The molecule has 0 amide bonds. The molecule has 0 bridgehead atoms. The molecule has 20 heavy (non-hydrogen) atoms. The second kappa shape index (κ2) is 6.48. The minimum Gasteiger partial charge on any atom is -0.507 e. The molecule has 0 aromatic heterocycles. The van der Waals surface area contributed by atoms with Crippen LogP contribution in [0.2, 0.25) is 10.0 Å². The van der Waals surface area contributed by atoms with Crippen LogP contribution < -0.4 is 0 Å². The number of esters is 1. The van der Waals surface area contributed by atoms with E-state index in [1.165, 1.54) is 12.1 Å². The zero-order valence-electron chi connectivity index (χ0n) is 10.1. The molecule has 2 aromatic carbocycles. The van der Waals surface area contributed by atoms with E-state index in [4.69, 9.17) is 27.9 Å². The maximum absolute atomic E-state index is 11.9. The Morgan fingerprint density at radius 3 is 2.65 bits per heavy atom. The van der Waals surface area contributed by atoms with E-state index in [0.717, 1.165) is 0 Å². The van der Waals surface area contributed by atoms with E-state index in [9.17, 15) is 9.90 Å². The molecule has 2 aromatic rings. The summed E-state index contributed by atoms with van der Waals surface area (Å²) in [6.45, 7) is 0.000783. The molecule has 0 saturated carbocycles. The van der Waals surface area contributed by atoms with Crippen LogP contribution >= 0.6 is 39.1 Å². The van der Waals surface area contributed by atoms with Crippen molar-refractivity contribution >= 4 is 45.1 Å². The highest BCUT2D eigenvalue weighted by molar-refractivity contribution is 9.10. The summed E-state index contributed by atoms with van der Waals surface area (Å²) < 4.78 is 5.80. The number of aromatic hydroxyl groups is 1. The second-order valence-electron chi connectivity index (χ2n) is 3.97. The summed E-state index contributed by atoms with van der Waals surface area (Å²) >= 11 is 15.0. The third kappa shape index (κ3) is 3.66. The molecule has 0 aliphatic carbocycles. The Balaban J connectivity index is 2.10. The maximum Gasteiger partial charge on any atom is 0.342 e. The number of carbonyl (C=O) groups is 1. The van der Waals surface area contributed by atoms with Crippen LogP contribution in [-0.4, -0.2) is 11.1 Å². The first-order valence-corrected chi connectivity index (χ1v) is 7.12. The quantitative estimate of drug-likeness (QED) is 0.782. The van der Waals surface area contributed by atoms with Crippen LogP contribution in [0.4, 0.5) is 0 Å². The predicted molar refractivity (Wildman–Crippen MR) is 81.4 cm³/mol. The Morgan fingerprint density at radius 1 is 1.20 bits per heavy atom. The number of phenols is 1. The first kappa shape index (κ1) is 15.2. The van der Waals surface area contributed by atoms with Gasteiger partial charge in [0.1, 0.15) is 17.9 Å². The van der Waals surface area contributed by atoms with Gasteiger partial charge in [0.25, 0.3) is 0 Å². The molecular formula is C14H9BrCl2O3. The van der Waals surface area contributed by atoms with Gasteiger partial charge >= 0.3 is 5.97 Å². The van der Waals surface area contributed by atoms with Crippen molar-refractivity contribution in [2.45, 2.75) is 6.61 Å². The number of carbonyl (C=O) groups excluding carboxylic acids is 1. The second-order valence-corrected chi connectivity index (χ2v) is 5.73. The molecule has 1 N–H and O–H groups in total. The number of hydrogen-bond donors (Lipinski definition) is 1. The summed E-state index contributed by atoms with van der Waals surface area (Å²) in [4.78, 5) is 11.9. The topological polar surface area (TPSA) is 46.5 Å². The minimum atomic E-state index is -0.630. The van der Waals surface area contributed by atoms with E-state index < -0.39 is 5.97 Å². The zero-order chi connectivity index (χ0) is 14.7. The monoisotopic (exact) mass is 374 g/mol. The normalized spacial score (nSPS) is 10.3. The summed E-state index contributed by atoms with van der Waals surface area (Å²) in [6.07, 6.45) is 0. The zero-order valence-corrected chi connectivity index (χ0v) is 13.2. The molecule has 0 aliphatic heterocycles. The Hall–Kier alpha value is -1.23. The Bertz CT molecular complexity index is 659. The number of rotatable bonds is 3. The van der Waals surface area contributed by atoms with Crippen molar-refractivity contribution in [2.24, 2.45) is 0 Å². The molecule has 0 unspecified atom stereocenters. The highest BCUT2D eigenvalue weighted by Crippen LogP contribution is 2.25. The van der Waals surface area contributed by atoms with Gasteiger partial charge in [-0.2, -0.15) is 0 Å². The van der Waals surface area contributed by atoms with Crippen molar-refractivity contribution in [1.82, 2.24) is 0 Å². The Labute approximate surface area is 134 Å². The van der Waals surface area contributed by atoms with E-state index in [1.807, 2.05) is 0 Å². The number of ether oxygens (including phenoxy) is 1. The lowest BCUT2D eigenvalue weighted by molar-refractivity contribution is 0.0469. The van der Waals surface area contributed by atoms with Crippen LogP contribution in [-0.2, 0) is 11.3 Å². The van der Waals surface area contributed by atoms with Crippen molar-refractivity contribution in [1.29, 1.82) is 0 Å². The van der Waals surface area contributed by atoms with Crippen molar-refractivity contribution < 1.29 is 14.6 Å². The molecule has 3 nitrogen and oxygen atoms in total. The molecule has 104 valence electrons.